The molecule has 4 heterocycles. The van der Waals surface area contributed by atoms with E-state index in [2.05, 4.69) is 10.1 Å². The first kappa shape index (κ1) is 17.4. The number of nitrogens with zero attached hydrogens (tertiary/aromatic N) is 4. The minimum Gasteiger partial charge on any atom is -0.468 e. The highest BCUT2D eigenvalue weighted by atomic mass is 16.5. The van der Waals surface area contributed by atoms with Crippen molar-refractivity contribution in [2.45, 2.75) is 26.7 Å². The number of allylic oxidation sites excluding steroid dienone is 2. The predicted molar refractivity (Wildman–Crippen MR) is 106 cm³/mol. The molecule has 1 aromatic carbocycles. The van der Waals surface area contributed by atoms with Crippen molar-refractivity contribution in [3.8, 4) is 17.3 Å². The number of furan rings is 1. The fraction of sp³-hybridized carbons (Fsp3) is 0.182. The van der Waals surface area contributed by atoms with Crippen LogP contribution in [0.15, 0.2) is 64.7 Å². The van der Waals surface area contributed by atoms with Gasteiger partial charge in [0, 0.05) is 11.1 Å². The van der Waals surface area contributed by atoms with Crippen molar-refractivity contribution in [3.05, 3.63) is 77.2 Å². The number of fused-ring (bicyclic) bond motifs is 3. The van der Waals surface area contributed by atoms with Crippen molar-refractivity contribution in [2.24, 2.45) is 0 Å². The van der Waals surface area contributed by atoms with Gasteiger partial charge in [0.25, 0.3) is 0 Å². The highest BCUT2D eigenvalue weighted by Crippen LogP contribution is 2.44. The van der Waals surface area contributed by atoms with Gasteiger partial charge < -0.3 is 9.15 Å². The predicted octanol–water partition coefficient (Wildman–Crippen LogP) is 4.08. The molecule has 1 atom stereocenters. The second kappa shape index (κ2) is 6.41. The summed E-state index contributed by atoms with van der Waals surface area (Å²) in [4.78, 5) is 21.7. The van der Waals surface area contributed by atoms with Crippen molar-refractivity contribution >= 4 is 11.4 Å². The first-order valence-electron chi connectivity index (χ1n) is 9.28. The summed E-state index contributed by atoms with van der Waals surface area (Å²) in [6.07, 6.45) is 3.17. The fourth-order valence-corrected chi connectivity index (χ4v) is 3.84. The maximum absolute atomic E-state index is 12.5. The van der Waals surface area contributed by atoms with E-state index in [9.17, 15) is 4.79 Å². The quantitative estimate of drug-likeness (QED) is 0.528. The summed E-state index contributed by atoms with van der Waals surface area (Å²) >= 11 is 0. The highest BCUT2D eigenvalue weighted by molar-refractivity contribution is 5.97. The lowest BCUT2D eigenvalue weighted by molar-refractivity contribution is -0.114. The van der Waals surface area contributed by atoms with Gasteiger partial charge in [0.1, 0.15) is 17.8 Å². The van der Waals surface area contributed by atoms with Crippen molar-refractivity contribution in [2.75, 3.05) is 0 Å². The molecule has 0 fully saturated rings. The topological polar surface area (TPSA) is 82.5 Å². The molecule has 7 nitrogen and oxygen atoms in total. The molecule has 5 rings (SSSR count). The molecule has 0 spiro atoms. The second-order valence-corrected chi connectivity index (χ2v) is 7.11. The van der Waals surface area contributed by atoms with Crippen LogP contribution in [0.5, 0.6) is 5.88 Å². The molecular formula is C22H18N4O3. The van der Waals surface area contributed by atoms with Crippen molar-refractivity contribution in [1.29, 1.82) is 0 Å². The van der Waals surface area contributed by atoms with Crippen LogP contribution in [0.1, 0.15) is 36.7 Å². The molecule has 4 aromatic rings. The number of hydrogen-bond acceptors (Lipinski definition) is 6. The van der Waals surface area contributed by atoms with E-state index in [1.165, 1.54) is 6.92 Å². The smallest absolute Gasteiger partial charge is 0.228 e. The van der Waals surface area contributed by atoms with Crippen LogP contribution in [-0.4, -0.2) is 25.4 Å². The molecule has 0 saturated heterocycles. The molecule has 7 heteroatoms. The van der Waals surface area contributed by atoms with Gasteiger partial charge in [-0.3, -0.25) is 4.79 Å². The number of carbonyl (C=O) groups excluding carboxylic acids is 1. The number of aromatic nitrogens is 4. The number of Topliss-reactive ketones (excluding diaryl/α,β-unsaturated/α-hetero) is 1. The van der Waals surface area contributed by atoms with Gasteiger partial charge in [0.15, 0.2) is 17.3 Å². The number of ketones is 1. The van der Waals surface area contributed by atoms with Crippen LogP contribution in [0.25, 0.3) is 17.0 Å². The highest BCUT2D eigenvalue weighted by Gasteiger charge is 2.37. The summed E-state index contributed by atoms with van der Waals surface area (Å²) in [6, 6.07) is 11.6. The van der Waals surface area contributed by atoms with E-state index < -0.39 is 5.92 Å². The summed E-state index contributed by atoms with van der Waals surface area (Å²) in [5, 5.41) is 4.59. The molecule has 0 amide bonds. The van der Waals surface area contributed by atoms with Crippen LogP contribution in [0.3, 0.4) is 0 Å². The van der Waals surface area contributed by atoms with Crippen LogP contribution in [0, 0.1) is 6.92 Å². The third-order valence-electron chi connectivity index (χ3n) is 5.08. The third kappa shape index (κ3) is 2.74. The minimum absolute atomic E-state index is 0.0880. The Kier molecular flexibility index (Phi) is 3.84. The lowest BCUT2D eigenvalue weighted by atomic mass is 9.85. The zero-order valence-electron chi connectivity index (χ0n) is 16.2. The van der Waals surface area contributed by atoms with E-state index in [4.69, 9.17) is 14.1 Å². The van der Waals surface area contributed by atoms with Gasteiger partial charge in [-0.1, -0.05) is 23.8 Å². The Labute approximate surface area is 166 Å². The molecule has 0 N–H and O–H groups in total. The summed E-state index contributed by atoms with van der Waals surface area (Å²) in [7, 11) is 0. The Morgan fingerprint density at radius 3 is 2.76 bits per heavy atom. The van der Waals surface area contributed by atoms with Crippen molar-refractivity contribution in [3.63, 3.8) is 0 Å². The third-order valence-corrected chi connectivity index (χ3v) is 5.08. The normalized spacial score (nSPS) is 16.0. The summed E-state index contributed by atoms with van der Waals surface area (Å²) in [6.45, 7) is 5.32. The SMILES string of the molecule is CC(=O)C1=C(C)Oc2ncn3nc(-c4cccc(C)c4)nc3c2C1c1ccco1. The first-order chi connectivity index (χ1) is 14.0. The van der Waals surface area contributed by atoms with Gasteiger partial charge in [-0.15, -0.1) is 5.10 Å². The van der Waals surface area contributed by atoms with Gasteiger partial charge in [-0.25, -0.2) is 14.5 Å². The van der Waals surface area contributed by atoms with Crippen LogP contribution in [0.2, 0.25) is 0 Å². The second-order valence-electron chi connectivity index (χ2n) is 7.11. The molecular weight excluding hydrogens is 368 g/mol. The van der Waals surface area contributed by atoms with Crippen LogP contribution < -0.4 is 4.74 Å². The van der Waals surface area contributed by atoms with Crippen molar-refractivity contribution < 1.29 is 13.9 Å². The maximum Gasteiger partial charge on any atom is 0.228 e. The van der Waals surface area contributed by atoms with E-state index in [-0.39, 0.29) is 5.78 Å². The van der Waals surface area contributed by atoms with Crippen LogP contribution >= 0.6 is 0 Å². The molecule has 1 unspecified atom stereocenters. The molecule has 0 radical (unpaired) electrons. The molecule has 0 bridgehead atoms. The number of rotatable bonds is 3. The zero-order valence-corrected chi connectivity index (χ0v) is 16.2. The number of carbonyl (C=O) groups is 1. The summed E-state index contributed by atoms with van der Waals surface area (Å²) in [5.74, 6) is 1.59. The minimum atomic E-state index is -0.461. The monoisotopic (exact) mass is 386 g/mol. The molecule has 144 valence electrons. The van der Waals surface area contributed by atoms with E-state index >= 15 is 0 Å². The van der Waals surface area contributed by atoms with E-state index in [0.29, 0.717) is 40.0 Å². The lowest BCUT2D eigenvalue weighted by Gasteiger charge is -2.26. The molecule has 3 aromatic heterocycles. The zero-order chi connectivity index (χ0) is 20.1. The van der Waals surface area contributed by atoms with Gasteiger partial charge in [0.2, 0.25) is 5.88 Å². The summed E-state index contributed by atoms with van der Waals surface area (Å²) < 4.78 is 13.2. The average Bonchev–Trinajstić information content (AvgIpc) is 3.36. The number of benzene rings is 1. The summed E-state index contributed by atoms with van der Waals surface area (Å²) in [5.41, 5.74) is 3.81. The molecule has 1 aliphatic heterocycles. The van der Waals surface area contributed by atoms with Gasteiger partial charge in [-0.05, 0) is 39.0 Å². The molecule has 29 heavy (non-hydrogen) atoms. The largest absolute Gasteiger partial charge is 0.468 e. The fourth-order valence-electron chi connectivity index (χ4n) is 3.84. The maximum atomic E-state index is 12.5. The Morgan fingerprint density at radius 1 is 1.17 bits per heavy atom. The van der Waals surface area contributed by atoms with Gasteiger partial charge in [0.05, 0.1) is 17.7 Å². The first-order valence-corrected chi connectivity index (χ1v) is 9.28. The van der Waals surface area contributed by atoms with Crippen LogP contribution in [0.4, 0.5) is 0 Å². The van der Waals surface area contributed by atoms with Crippen molar-refractivity contribution in [1.82, 2.24) is 19.6 Å². The number of ether oxygens (including phenoxy) is 1. The molecule has 0 saturated carbocycles. The van der Waals surface area contributed by atoms with Crippen LogP contribution in [-0.2, 0) is 4.79 Å². The lowest BCUT2D eigenvalue weighted by Crippen LogP contribution is -2.21. The number of aryl methyl sites for hydroxylation is 1. The average molecular weight is 386 g/mol. The van der Waals surface area contributed by atoms with E-state index in [1.807, 2.05) is 37.3 Å². The Balaban J connectivity index is 1.77. The number of hydrogen-bond donors (Lipinski definition) is 0. The molecule has 1 aliphatic rings. The van der Waals surface area contributed by atoms with E-state index in [1.54, 1.807) is 30.1 Å². The Hall–Kier alpha value is -3.74. The molecule has 0 aliphatic carbocycles. The Morgan fingerprint density at radius 2 is 2.03 bits per heavy atom. The Bertz CT molecular complexity index is 1280. The standard InChI is InChI=1S/C22H18N4O3/c1-12-6-4-7-15(10-12)20-24-21-19-18(16-8-5-9-28-16)17(13(2)27)14(3)29-22(19)23-11-26(21)25-20/h4-11,18H,1-3H3. The van der Waals surface area contributed by atoms with Gasteiger partial charge >= 0.3 is 0 Å². The van der Waals surface area contributed by atoms with Gasteiger partial charge in [-0.2, -0.15) is 0 Å². The van der Waals surface area contributed by atoms with E-state index in [0.717, 1.165) is 11.1 Å².